The van der Waals surface area contributed by atoms with Gasteiger partial charge in [0.05, 0.1) is 4.90 Å². The zero-order valence-corrected chi connectivity index (χ0v) is 34.8. The molecule has 1 aromatic rings. The van der Waals surface area contributed by atoms with Crippen LogP contribution in [-0.4, -0.2) is 13.0 Å². The van der Waals surface area contributed by atoms with Crippen molar-refractivity contribution in [2.24, 2.45) is 0 Å². The maximum Gasteiger partial charge on any atom is 0.294 e. The molecule has 294 valence electrons. The molecule has 0 unspecified atom stereocenters. The van der Waals surface area contributed by atoms with Crippen molar-refractivity contribution in [3.8, 4) is 0 Å². The second-order valence-electron chi connectivity index (χ2n) is 16.1. The van der Waals surface area contributed by atoms with Gasteiger partial charge in [-0.05, 0) is 36.3 Å². The van der Waals surface area contributed by atoms with Crippen molar-refractivity contribution < 1.29 is 13.0 Å². The molecule has 0 aliphatic heterocycles. The highest BCUT2D eigenvalue weighted by atomic mass is 32.2. The first kappa shape index (κ1) is 47.2. The molecule has 0 bridgehead atoms. The number of unbranched alkanes of at least 4 members (excludes halogenated alkanes) is 30. The van der Waals surface area contributed by atoms with Crippen molar-refractivity contribution in [1.29, 1.82) is 0 Å². The van der Waals surface area contributed by atoms with Crippen LogP contribution in [0.5, 0.6) is 0 Å². The van der Waals surface area contributed by atoms with Gasteiger partial charge in [-0.3, -0.25) is 4.55 Å². The van der Waals surface area contributed by atoms with E-state index >= 15 is 0 Å². The minimum atomic E-state index is -4.28. The predicted octanol–water partition coefficient (Wildman–Crippen LogP) is 16.3. The van der Waals surface area contributed by atoms with E-state index in [4.69, 9.17) is 0 Å². The van der Waals surface area contributed by atoms with Crippen LogP contribution in [0.1, 0.15) is 257 Å². The maximum atomic E-state index is 12.7. The lowest BCUT2D eigenvalue weighted by atomic mass is 9.69. The number of hydrogen-bond acceptors (Lipinski definition) is 2. The van der Waals surface area contributed by atoms with E-state index in [-0.39, 0.29) is 10.3 Å². The molecule has 0 amide bonds. The first-order chi connectivity index (χ1) is 24.4. The average Bonchev–Trinajstić information content (AvgIpc) is 3.11. The van der Waals surface area contributed by atoms with Gasteiger partial charge >= 0.3 is 0 Å². The Hall–Kier alpha value is -0.870. The van der Waals surface area contributed by atoms with E-state index in [1.54, 1.807) is 12.1 Å². The van der Waals surface area contributed by atoms with E-state index in [0.29, 0.717) is 0 Å². The summed E-state index contributed by atoms with van der Waals surface area (Å²) in [7, 11) is -4.28. The van der Waals surface area contributed by atoms with Crippen molar-refractivity contribution in [2.45, 2.75) is 262 Å². The molecule has 0 aliphatic rings. The van der Waals surface area contributed by atoms with Crippen LogP contribution in [0.2, 0.25) is 0 Å². The Bertz CT molecular complexity index is 947. The van der Waals surface area contributed by atoms with E-state index in [0.717, 1.165) is 44.1 Å². The minimum absolute atomic E-state index is 0.161. The summed E-state index contributed by atoms with van der Waals surface area (Å²) in [4.78, 5) is 0.161. The lowest BCUT2D eigenvalue weighted by molar-refractivity contribution is 0.293. The summed E-state index contributed by atoms with van der Waals surface area (Å²) in [5, 5.41) is 0. The topological polar surface area (TPSA) is 54.4 Å². The van der Waals surface area contributed by atoms with Crippen molar-refractivity contribution in [3.63, 3.8) is 0 Å². The summed E-state index contributed by atoms with van der Waals surface area (Å²) in [6, 6.07) is 7.47. The monoisotopic (exact) mass is 719 g/mol. The van der Waals surface area contributed by atoms with Gasteiger partial charge in [0.25, 0.3) is 10.1 Å². The maximum absolute atomic E-state index is 12.7. The van der Waals surface area contributed by atoms with Gasteiger partial charge in [0.15, 0.2) is 0 Å². The molecule has 0 aromatic heterocycles. The lowest BCUT2D eigenvalue weighted by Crippen LogP contribution is -2.29. The highest BCUT2D eigenvalue weighted by molar-refractivity contribution is 7.85. The van der Waals surface area contributed by atoms with E-state index in [2.05, 4.69) is 20.8 Å². The Morgan fingerprint density at radius 2 is 0.640 bits per heavy atom. The van der Waals surface area contributed by atoms with Gasteiger partial charge in [-0.1, -0.05) is 251 Å². The average molecular weight is 719 g/mol. The molecule has 0 radical (unpaired) electrons. The third kappa shape index (κ3) is 24.4. The fourth-order valence-corrected chi connectivity index (χ4v) is 9.10. The van der Waals surface area contributed by atoms with Crippen molar-refractivity contribution in [3.05, 3.63) is 29.8 Å². The Morgan fingerprint density at radius 3 is 0.900 bits per heavy atom. The van der Waals surface area contributed by atoms with Gasteiger partial charge in [0.2, 0.25) is 0 Å². The van der Waals surface area contributed by atoms with Gasteiger partial charge in [0.1, 0.15) is 0 Å². The largest absolute Gasteiger partial charge is 0.294 e. The standard InChI is InChI=1S/C46H86O3S/c1-4-7-10-13-16-19-22-23-24-27-30-33-38-43-46(44-39-34-35-40-45(44)50(47,48)49,41-36-31-28-25-20-17-14-11-8-5-2)42-37-32-29-26-21-18-15-12-9-6-3/h34-35,39-40H,4-33,36-38,41-43H2,1-3H3,(H,47,48,49). The van der Waals surface area contributed by atoms with Gasteiger partial charge in [-0.25, -0.2) is 0 Å². The summed E-state index contributed by atoms with van der Waals surface area (Å²) in [5.74, 6) is 0. The summed E-state index contributed by atoms with van der Waals surface area (Å²) in [6.07, 6.45) is 46.7. The van der Waals surface area contributed by atoms with Crippen LogP contribution in [-0.2, 0) is 15.5 Å². The van der Waals surface area contributed by atoms with Gasteiger partial charge < -0.3 is 0 Å². The molecular formula is C46H86O3S. The molecule has 0 saturated heterocycles. The third-order valence-electron chi connectivity index (χ3n) is 11.5. The molecule has 4 heteroatoms. The summed E-state index contributed by atoms with van der Waals surface area (Å²) in [6.45, 7) is 6.85. The fraction of sp³-hybridized carbons (Fsp3) is 0.870. The second-order valence-corrected chi connectivity index (χ2v) is 17.5. The van der Waals surface area contributed by atoms with Crippen LogP contribution >= 0.6 is 0 Å². The van der Waals surface area contributed by atoms with E-state index in [9.17, 15) is 13.0 Å². The number of benzene rings is 1. The molecule has 1 rings (SSSR count). The summed E-state index contributed by atoms with van der Waals surface area (Å²) >= 11 is 0. The smallest absolute Gasteiger partial charge is 0.282 e. The van der Waals surface area contributed by atoms with Crippen molar-refractivity contribution in [2.75, 3.05) is 0 Å². The quantitative estimate of drug-likeness (QED) is 0.0547. The number of rotatable bonds is 38. The third-order valence-corrected chi connectivity index (χ3v) is 12.4. The zero-order valence-electron chi connectivity index (χ0n) is 33.9. The fourth-order valence-electron chi connectivity index (χ4n) is 8.29. The van der Waals surface area contributed by atoms with Crippen molar-refractivity contribution in [1.82, 2.24) is 0 Å². The van der Waals surface area contributed by atoms with Crippen LogP contribution in [0, 0.1) is 0 Å². The lowest BCUT2D eigenvalue weighted by Gasteiger charge is -2.36. The first-order valence-corrected chi connectivity index (χ1v) is 23.9. The van der Waals surface area contributed by atoms with E-state index < -0.39 is 10.1 Å². The molecule has 0 aliphatic carbocycles. The summed E-state index contributed by atoms with van der Waals surface area (Å²) in [5.41, 5.74) is 0.720. The van der Waals surface area contributed by atoms with E-state index in [1.165, 1.54) is 193 Å². The molecule has 1 aromatic carbocycles. The molecule has 50 heavy (non-hydrogen) atoms. The van der Waals surface area contributed by atoms with Crippen LogP contribution in [0.4, 0.5) is 0 Å². The first-order valence-electron chi connectivity index (χ1n) is 22.5. The highest BCUT2D eigenvalue weighted by Gasteiger charge is 2.35. The van der Waals surface area contributed by atoms with Crippen LogP contribution in [0.15, 0.2) is 29.2 Å². The SMILES string of the molecule is CCCCCCCCCCCCCCCC(CCCCCCCCCCCC)(CCCCCCCCCCCC)c1ccccc1S(=O)(=O)O. The second kappa shape index (κ2) is 32.8. The summed E-state index contributed by atoms with van der Waals surface area (Å²) < 4.78 is 35.8. The molecule has 1 N–H and O–H groups in total. The van der Waals surface area contributed by atoms with Crippen LogP contribution < -0.4 is 0 Å². The Kier molecular flexibility index (Phi) is 30.9. The van der Waals surface area contributed by atoms with Crippen LogP contribution in [0.3, 0.4) is 0 Å². The molecule has 3 nitrogen and oxygen atoms in total. The van der Waals surface area contributed by atoms with Gasteiger partial charge in [0, 0.05) is 0 Å². The van der Waals surface area contributed by atoms with Crippen LogP contribution in [0.25, 0.3) is 0 Å². The molecule has 0 atom stereocenters. The Morgan fingerprint density at radius 1 is 0.400 bits per heavy atom. The highest BCUT2D eigenvalue weighted by Crippen LogP contribution is 2.43. The Labute approximate surface area is 314 Å². The predicted molar refractivity (Wildman–Crippen MR) is 221 cm³/mol. The van der Waals surface area contributed by atoms with Crippen molar-refractivity contribution >= 4 is 10.1 Å². The normalized spacial score (nSPS) is 12.2. The molecule has 0 heterocycles. The number of hydrogen-bond donors (Lipinski definition) is 1. The molecule has 0 saturated carbocycles. The molecule has 0 spiro atoms. The molecule has 0 fully saturated rings. The van der Waals surface area contributed by atoms with Gasteiger partial charge in [-0.2, -0.15) is 8.42 Å². The molecular weight excluding hydrogens is 633 g/mol. The minimum Gasteiger partial charge on any atom is -0.282 e. The van der Waals surface area contributed by atoms with E-state index in [1.807, 2.05) is 12.1 Å². The van der Waals surface area contributed by atoms with Gasteiger partial charge in [-0.15, -0.1) is 0 Å². The zero-order chi connectivity index (χ0) is 36.4. The Balaban J connectivity index is 2.81.